The van der Waals surface area contributed by atoms with Gasteiger partial charge in [0.1, 0.15) is 11.6 Å². The van der Waals surface area contributed by atoms with E-state index in [-0.39, 0.29) is 26.1 Å². The highest BCUT2D eigenvalue weighted by Gasteiger charge is 2.41. The summed E-state index contributed by atoms with van der Waals surface area (Å²) in [6.45, 7) is 0.878. The predicted octanol–water partition coefficient (Wildman–Crippen LogP) is 5.21. The van der Waals surface area contributed by atoms with E-state index < -0.39 is 24.2 Å². The van der Waals surface area contributed by atoms with E-state index in [0.717, 1.165) is 5.56 Å². The molecule has 28 heavy (non-hydrogen) atoms. The molecule has 0 spiro atoms. The molecule has 0 N–H and O–H groups in total. The number of likely N-dealkylation sites (tertiary alicyclic amines) is 1. The molecule has 7 heteroatoms. The second-order valence-electron chi connectivity index (χ2n) is 7.34. The molecule has 2 atom stereocenters. The zero-order chi connectivity index (χ0) is 19.7. The number of hydrogen-bond donors (Lipinski definition) is 0. The maximum absolute atomic E-state index is 14.1. The third kappa shape index (κ3) is 4.15. The van der Waals surface area contributed by atoms with Crippen LogP contribution in [0.15, 0.2) is 42.5 Å². The third-order valence-corrected chi connectivity index (χ3v) is 5.26. The van der Waals surface area contributed by atoms with Gasteiger partial charge in [-0.05, 0) is 31.5 Å². The van der Waals surface area contributed by atoms with Crippen molar-refractivity contribution in [1.29, 1.82) is 0 Å². The molecule has 2 heterocycles. The Balaban J connectivity index is 1.56. The molecule has 1 saturated heterocycles. The standard InChI is InChI=1S/C21H21F4NO2/c22-18-9-15(11-26-8-4-7-17(12-26)21(23,24)25)19-16(10-18)13-27-20(28-19)14-5-2-1-3-6-14/h1-3,5-6,9-10,17,20H,4,7-8,11-13H2. The number of fused-ring (bicyclic) bond motifs is 1. The molecular weight excluding hydrogens is 374 g/mol. The van der Waals surface area contributed by atoms with Crippen molar-refractivity contribution in [2.24, 2.45) is 5.92 Å². The van der Waals surface area contributed by atoms with Crippen molar-refractivity contribution in [3.8, 4) is 5.75 Å². The molecule has 0 saturated carbocycles. The van der Waals surface area contributed by atoms with Crippen LogP contribution in [0.1, 0.15) is 35.8 Å². The fraction of sp³-hybridized carbons (Fsp3) is 0.429. The average molecular weight is 395 g/mol. The van der Waals surface area contributed by atoms with Gasteiger partial charge in [0.2, 0.25) is 6.29 Å². The molecule has 2 aromatic carbocycles. The lowest BCUT2D eigenvalue weighted by Crippen LogP contribution is -2.41. The lowest BCUT2D eigenvalue weighted by Gasteiger charge is -2.35. The molecule has 4 rings (SSSR count). The van der Waals surface area contributed by atoms with Crippen LogP contribution in [0.25, 0.3) is 0 Å². The van der Waals surface area contributed by atoms with Crippen LogP contribution in [0.3, 0.4) is 0 Å². The molecule has 2 aliphatic heterocycles. The van der Waals surface area contributed by atoms with E-state index in [1.165, 1.54) is 12.1 Å². The zero-order valence-corrected chi connectivity index (χ0v) is 15.2. The molecule has 150 valence electrons. The van der Waals surface area contributed by atoms with Gasteiger partial charge in [-0.2, -0.15) is 13.2 Å². The molecule has 2 unspecified atom stereocenters. The van der Waals surface area contributed by atoms with Crippen LogP contribution in [0.4, 0.5) is 17.6 Å². The third-order valence-electron chi connectivity index (χ3n) is 5.26. The van der Waals surface area contributed by atoms with Crippen molar-refractivity contribution in [3.63, 3.8) is 0 Å². The summed E-state index contributed by atoms with van der Waals surface area (Å²) in [4.78, 5) is 1.73. The Kier molecular flexibility index (Phi) is 5.29. The summed E-state index contributed by atoms with van der Waals surface area (Å²) in [6.07, 6.45) is -4.22. The quantitative estimate of drug-likeness (QED) is 0.666. The van der Waals surface area contributed by atoms with E-state index in [0.29, 0.717) is 29.8 Å². The summed E-state index contributed by atoms with van der Waals surface area (Å²) >= 11 is 0. The van der Waals surface area contributed by atoms with Gasteiger partial charge in [0.05, 0.1) is 12.5 Å². The van der Waals surface area contributed by atoms with E-state index in [4.69, 9.17) is 9.47 Å². The van der Waals surface area contributed by atoms with Crippen LogP contribution >= 0.6 is 0 Å². The number of halogens is 4. The van der Waals surface area contributed by atoms with Crippen molar-refractivity contribution >= 4 is 0 Å². The van der Waals surface area contributed by atoms with Crippen LogP contribution in [0.5, 0.6) is 5.75 Å². The fourth-order valence-corrected chi connectivity index (χ4v) is 3.88. The molecule has 0 aromatic heterocycles. The van der Waals surface area contributed by atoms with Crippen molar-refractivity contribution < 1.29 is 27.0 Å². The molecule has 2 aliphatic rings. The Morgan fingerprint density at radius 1 is 1.11 bits per heavy atom. The Hall–Kier alpha value is -2.12. The van der Waals surface area contributed by atoms with Gasteiger partial charge < -0.3 is 9.47 Å². The molecular formula is C21H21F4NO2. The molecule has 3 nitrogen and oxygen atoms in total. The zero-order valence-electron chi connectivity index (χ0n) is 15.2. The van der Waals surface area contributed by atoms with Gasteiger partial charge in [0.25, 0.3) is 0 Å². The minimum absolute atomic E-state index is 0.0760. The first kappa shape index (κ1) is 19.2. The minimum Gasteiger partial charge on any atom is -0.460 e. The van der Waals surface area contributed by atoms with Crippen LogP contribution in [0.2, 0.25) is 0 Å². The molecule has 0 amide bonds. The summed E-state index contributed by atoms with van der Waals surface area (Å²) < 4.78 is 65.1. The minimum atomic E-state index is -4.21. The van der Waals surface area contributed by atoms with Crippen LogP contribution < -0.4 is 4.74 Å². The summed E-state index contributed by atoms with van der Waals surface area (Å²) in [5.74, 6) is -1.27. The normalized spacial score (nSPS) is 23.1. The number of alkyl halides is 3. The van der Waals surface area contributed by atoms with Crippen LogP contribution in [-0.4, -0.2) is 24.2 Å². The Labute approximate surface area is 160 Å². The molecule has 0 radical (unpaired) electrons. The monoisotopic (exact) mass is 395 g/mol. The topological polar surface area (TPSA) is 21.7 Å². The molecule has 1 fully saturated rings. The van der Waals surface area contributed by atoms with Crippen molar-refractivity contribution in [2.45, 2.75) is 38.5 Å². The molecule has 0 bridgehead atoms. The predicted molar refractivity (Wildman–Crippen MR) is 95.1 cm³/mol. The number of benzene rings is 2. The van der Waals surface area contributed by atoms with E-state index in [9.17, 15) is 17.6 Å². The Bertz CT molecular complexity index is 825. The van der Waals surface area contributed by atoms with E-state index in [1.807, 2.05) is 30.3 Å². The van der Waals surface area contributed by atoms with Crippen LogP contribution in [-0.2, 0) is 17.9 Å². The van der Waals surface area contributed by atoms with Gasteiger partial charge in [0.15, 0.2) is 0 Å². The second-order valence-corrected chi connectivity index (χ2v) is 7.34. The van der Waals surface area contributed by atoms with E-state index in [2.05, 4.69) is 0 Å². The highest BCUT2D eigenvalue weighted by molar-refractivity contribution is 5.43. The van der Waals surface area contributed by atoms with Crippen LogP contribution in [0, 0.1) is 11.7 Å². The highest BCUT2D eigenvalue weighted by Crippen LogP contribution is 2.38. The van der Waals surface area contributed by atoms with Gasteiger partial charge in [-0.15, -0.1) is 0 Å². The van der Waals surface area contributed by atoms with Gasteiger partial charge in [-0.1, -0.05) is 30.3 Å². The first-order valence-electron chi connectivity index (χ1n) is 9.34. The number of rotatable bonds is 3. The van der Waals surface area contributed by atoms with Crippen molar-refractivity contribution in [2.75, 3.05) is 13.1 Å². The second kappa shape index (κ2) is 7.72. The maximum atomic E-state index is 14.1. The molecule has 2 aromatic rings. The van der Waals surface area contributed by atoms with Crippen molar-refractivity contribution in [3.05, 3.63) is 65.0 Å². The smallest absolute Gasteiger partial charge is 0.393 e. The summed E-state index contributed by atoms with van der Waals surface area (Å²) in [5.41, 5.74) is 1.96. The van der Waals surface area contributed by atoms with Gasteiger partial charge in [-0.25, -0.2) is 4.39 Å². The molecule has 0 aliphatic carbocycles. The largest absolute Gasteiger partial charge is 0.460 e. The average Bonchev–Trinajstić information content (AvgIpc) is 2.68. The Morgan fingerprint density at radius 3 is 2.64 bits per heavy atom. The van der Waals surface area contributed by atoms with E-state index >= 15 is 0 Å². The van der Waals surface area contributed by atoms with Gasteiger partial charge in [-0.3, -0.25) is 4.90 Å². The summed E-state index contributed by atoms with van der Waals surface area (Å²) in [7, 11) is 0. The lowest BCUT2D eigenvalue weighted by atomic mass is 9.96. The number of nitrogens with zero attached hydrogens (tertiary/aromatic N) is 1. The maximum Gasteiger partial charge on any atom is 0.393 e. The van der Waals surface area contributed by atoms with Gasteiger partial charge in [0, 0.05) is 29.8 Å². The Morgan fingerprint density at radius 2 is 1.89 bits per heavy atom. The fourth-order valence-electron chi connectivity index (χ4n) is 3.88. The van der Waals surface area contributed by atoms with E-state index in [1.54, 1.807) is 4.90 Å². The van der Waals surface area contributed by atoms with Crippen molar-refractivity contribution in [1.82, 2.24) is 4.90 Å². The number of hydrogen-bond acceptors (Lipinski definition) is 3. The van der Waals surface area contributed by atoms with Gasteiger partial charge >= 0.3 is 6.18 Å². The first-order chi connectivity index (χ1) is 13.4. The first-order valence-corrected chi connectivity index (χ1v) is 9.34. The summed E-state index contributed by atoms with van der Waals surface area (Å²) in [6, 6.07) is 12.1. The highest BCUT2D eigenvalue weighted by atomic mass is 19.4. The number of ether oxygens (including phenoxy) is 2. The number of piperidine rings is 1. The lowest BCUT2D eigenvalue weighted by molar-refractivity contribution is -0.187. The SMILES string of the molecule is Fc1cc2c(c(CN3CCCC(C(F)(F)F)C3)c1)OC(c1ccccc1)OC2. The summed E-state index contributed by atoms with van der Waals surface area (Å²) in [5, 5.41) is 0.